The van der Waals surface area contributed by atoms with Crippen LogP contribution in [0.5, 0.6) is 0 Å². The minimum atomic E-state index is 0.342. The van der Waals surface area contributed by atoms with E-state index in [1.807, 2.05) is 22.2 Å². The van der Waals surface area contributed by atoms with Gasteiger partial charge in [0.1, 0.15) is 5.78 Å². The van der Waals surface area contributed by atoms with Crippen LogP contribution in [0.1, 0.15) is 18.5 Å². The van der Waals surface area contributed by atoms with Crippen molar-refractivity contribution in [1.82, 2.24) is 9.38 Å². The number of carbonyl (C=O) groups is 1. The highest BCUT2D eigenvalue weighted by Gasteiger charge is 2.29. The summed E-state index contributed by atoms with van der Waals surface area (Å²) in [4.78, 5) is 16.9. The molecule has 1 aliphatic carbocycles. The average Bonchev–Trinajstić information content (AvgIpc) is 2.80. The Balaban J connectivity index is 1.83. The van der Waals surface area contributed by atoms with Crippen molar-refractivity contribution in [3.05, 3.63) is 23.5 Å². The Hall–Kier alpha value is -1.16. The highest BCUT2D eigenvalue weighted by atomic mass is 32.1. The van der Waals surface area contributed by atoms with Crippen LogP contribution in [0.4, 0.5) is 0 Å². The molecule has 1 saturated carbocycles. The maximum atomic E-state index is 11.5. The van der Waals surface area contributed by atoms with Crippen molar-refractivity contribution >= 4 is 22.1 Å². The molecule has 0 unspecified atom stereocenters. The molecule has 0 amide bonds. The Morgan fingerprint density at radius 1 is 1.64 bits per heavy atom. The standard InChI is InChI=1S/C10H10N2OS/c13-9(7-1-2-7)5-8-6-12-3-4-14-10(12)11-8/h3-4,6-7H,1-2,5H2. The summed E-state index contributed by atoms with van der Waals surface area (Å²) in [5.74, 6) is 0.700. The quantitative estimate of drug-likeness (QED) is 0.769. The third-order valence-corrected chi connectivity index (χ3v) is 3.30. The van der Waals surface area contributed by atoms with E-state index < -0.39 is 0 Å². The fraction of sp³-hybridized carbons (Fsp3) is 0.400. The molecular formula is C10H10N2OS. The summed E-state index contributed by atoms with van der Waals surface area (Å²) in [6.45, 7) is 0. The number of hydrogen-bond acceptors (Lipinski definition) is 3. The van der Waals surface area contributed by atoms with Gasteiger partial charge >= 0.3 is 0 Å². The molecule has 3 nitrogen and oxygen atoms in total. The van der Waals surface area contributed by atoms with Crippen LogP contribution in [0.3, 0.4) is 0 Å². The van der Waals surface area contributed by atoms with E-state index in [1.54, 1.807) is 11.3 Å². The molecule has 3 rings (SSSR count). The second kappa shape index (κ2) is 2.92. The first kappa shape index (κ1) is 8.17. The highest BCUT2D eigenvalue weighted by molar-refractivity contribution is 7.15. The van der Waals surface area contributed by atoms with Crippen LogP contribution in [-0.4, -0.2) is 15.2 Å². The van der Waals surface area contributed by atoms with Gasteiger partial charge < -0.3 is 0 Å². The number of fused-ring (bicyclic) bond motifs is 1. The lowest BCUT2D eigenvalue weighted by atomic mass is 10.1. The SMILES string of the molecule is O=C(Cc1cn2ccsc2n1)C1CC1. The fourth-order valence-electron chi connectivity index (χ4n) is 1.59. The zero-order chi connectivity index (χ0) is 9.54. The number of hydrogen-bond donors (Lipinski definition) is 0. The van der Waals surface area contributed by atoms with E-state index in [0.717, 1.165) is 23.5 Å². The molecule has 0 spiro atoms. The average molecular weight is 206 g/mol. The molecule has 0 N–H and O–H groups in total. The van der Waals surface area contributed by atoms with E-state index in [0.29, 0.717) is 18.1 Å². The molecule has 1 aliphatic rings. The second-order valence-corrected chi connectivity index (χ2v) is 4.62. The van der Waals surface area contributed by atoms with Gasteiger partial charge in [0, 0.05) is 23.7 Å². The van der Waals surface area contributed by atoms with Crippen molar-refractivity contribution in [2.45, 2.75) is 19.3 Å². The Morgan fingerprint density at radius 3 is 3.21 bits per heavy atom. The molecule has 0 atom stereocenters. The van der Waals surface area contributed by atoms with Gasteiger partial charge in [-0.05, 0) is 12.8 Å². The fourth-order valence-corrected chi connectivity index (χ4v) is 2.31. The first-order valence-corrected chi connectivity index (χ1v) is 5.65. The minimum Gasteiger partial charge on any atom is -0.299 e. The predicted octanol–water partition coefficient (Wildman–Crippen LogP) is 1.92. The Morgan fingerprint density at radius 2 is 2.50 bits per heavy atom. The maximum Gasteiger partial charge on any atom is 0.193 e. The van der Waals surface area contributed by atoms with Crippen LogP contribution < -0.4 is 0 Å². The molecule has 14 heavy (non-hydrogen) atoms. The molecule has 4 heteroatoms. The number of imidazole rings is 1. The highest BCUT2D eigenvalue weighted by Crippen LogP contribution is 2.30. The summed E-state index contributed by atoms with van der Waals surface area (Å²) in [6.07, 6.45) is 6.60. The van der Waals surface area contributed by atoms with E-state index in [4.69, 9.17) is 0 Å². The molecule has 0 saturated heterocycles. The topological polar surface area (TPSA) is 34.4 Å². The third kappa shape index (κ3) is 1.35. The number of rotatable bonds is 3. The zero-order valence-electron chi connectivity index (χ0n) is 7.64. The normalized spacial score (nSPS) is 16.3. The maximum absolute atomic E-state index is 11.5. The van der Waals surface area contributed by atoms with Gasteiger partial charge in [-0.15, -0.1) is 11.3 Å². The summed E-state index contributed by atoms with van der Waals surface area (Å²) in [5, 5.41) is 1.99. The van der Waals surface area contributed by atoms with E-state index in [-0.39, 0.29) is 0 Å². The molecule has 2 aromatic heterocycles. The smallest absolute Gasteiger partial charge is 0.193 e. The van der Waals surface area contributed by atoms with Gasteiger partial charge in [0.15, 0.2) is 4.96 Å². The molecule has 0 aromatic carbocycles. The van der Waals surface area contributed by atoms with Crippen molar-refractivity contribution < 1.29 is 4.79 Å². The summed E-state index contributed by atoms with van der Waals surface area (Å²) in [5.41, 5.74) is 0.911. The minimum absolute atomic E-state index is 0.342. The molecule has 0 bridgehead atoms. The van der Waals surface area contributed by atoms with Crippen molar-refractivity contribution in [2.24, 2.45) is 5.92 Å². The molecule has 72 valence electrons. The van der Waals surface area contributed by atoms with Gasteiger partial charge in [0.2, 0.25) is 0 Å². The van der Waals surface area contributed by atoms with Crippen LogP contribution in [0.25, 0.3) is 4.96 Å². The van der Waals surface area contributed by atoms with Crippen LogP contribution in [0.15, 0.2) is 17.8 Å². The summed E-state index contributed by atoms with van der Waals surface area (Å²) >= 11 is 1.60. The predicted molar refractivity (Wildman–Crippen MR) is 54.5 cm³/mol. The van der Waals surface area contributed by atoms with Crippen LogP contribution >= 0.6 is 11.3 Å². The van der Waals surface area contributed by atoms with Crippen molar-refractivity contribution in [1.29, 1.82) is 0 Å². The lowest BCUT2D eigenvalue weighted by molar-refractivity contribution is -0.119. The molecule has 0 aliphatic heterocycles. The molecule has 2 aromatic rings. The Bertz CT molecular complexity index is 452. The monoisotopic (exact) mass is 206 g/mol. The number of carbonyl (C=O) groups excluding carboxylic acids is 1. The number of Topliss-reactive ketones (excluding diaryl/α,β-unsaturated/α-hetero) is 1. The van der Waals surface area contributed by atoms with E-state index >= 15 is 0 Å². The molecule has 2 heterocycles. The number of aromatic nitrogens is 2. The number of thiazole rings is 1. The first-order chi connectivity index (χ1) is 6.83. The number of ketones is 1. The molecular weight excluding hydrogens is 196 g/mol. The molecule has 0 radical (unpaired) electrons. The van der Waals surface area contributed by atoms with Gasteiger partial charge in [0.25, 0.3) is 0 Å². The Labute approximate surface area is 85.4 Å². The third-order valence-electron chi connectivity index (χ3n) is 2.53. The number of nitrogens with zero attached hydrogens (tertiary/aromatic N) is 2. The zero-order valence-corrected chi connectivity index (χ0v) is 8.46. The van der Waals surface area contributed by atoms with Crippen LogP contribution in [0.2, 0.25) is 0 Å². The van der Waals surface area contributed by atoms with Gasteiger partial charge in [-0.3, -0.25) is 9.20 Å². The summed E-state index contributed by atoms with van der Waals surface area (Å²) in [7, 11) is 0. The van der Waals surface area contributed by atoms with E-state index in [1.165, 1.54) is 0 Å². The lowest BCUT2D eigenvalue weighted by Gasteiger charge is -1.92. The van der Waals surface area contributed by atoms with Gasteiger partial charge in [-0.2, -0.15) is 0 Å². The Kier molecular flexibility index (Phi) is 1.70. The summed E-state index contributed by atoms with van der Waals surface area (Å²) < 4.78 is 1.97. The molecule has 1 fully saturated rings. The van der Waals surface area contributed by atoms with Gasteiger partial charge in [-0.1, -0.05) is 0 Å². The van der Waals surface area contributed by atoms with Crippen molar-refractivity contribution in [3.63, 3.8) is 0 Å². The van der Waals surface area contributed by atoms with Gasteiger partial charge in [0.05, 0.1) is 12.1 Å². The summed E-state index contributed by atoms with van der Waals surface area (Å²) in [6, 6.07) is 0. The van der Waals surface area contributed by atoms with Crippen LogP contribution in [-0.2, 0) is 11.2 Å². The van der Waals surface area contributed by atoms with E-state index in [2.05, 4.69) is 4.98 Å². The van der Waals surface area contributed by atoms with Crippen molar-refractivity contribution in [3.8, 4) is 0 Å². The largest absolute Gasteiger partial charge is 0.299 e. The van der Waals surface area contributed by atoms with Gasteiger partial charge in [-0.25, -0.2) is 4.98 Å². The lowest BCUT2D eigenvalue weighted by Crippen LogP contribution is -2.04. The van der Waals surface area contributed by atoms with Crippen molar-refractivity contribution in [2.75, 3.05) is 0 Å². The second-order valence-electron chi connectivity index (χ2n) is 3.74. The first-order valence-electron chi connectivity index (χ1n) is 4.77. The van der Waals surface area contributed by atoms with Crippen LogP contribution in [0, 0.1) is 5.92 Å². The van der Waals surface area contributed by atoms with E-state index in [9.17, 15) is 4.79 Å².